The predicted molar refractivity (Wildman–Crippen MR) is 76.7 cm³/mol. The van der Waals surface area contributed by atoms with Crippen LogP contribution in [-0.4, -0.2) is 64.7 Å². The molecule has 1 amide bonds. The van der Waals surface area contributed by atoms with Crippen molar-refractivity contribution in [3.05, 3.63) is 17.8 Å². The molecule has 0 bridgehead atoms. The Morgan fingerprint density at radius 3 is 2.90 bits per heavy atom. The van der Waals surface area contributed by atoms with Crippen LogP contribution in [0.3, 0.4) is 0 Å². The van der Waals surface area contributed by atoms with Gasteiger partial charge in [-0.15, -0.1) is 10.2 Å². The first-order valence-corrected chi connectivity index (χ1v) is 7.25. The number of anilines is 1. The number of piperazine rings is 1. The summed E-state index contributed by atoms with van der Waals surface area (Å²) < 4.78 is 0. The molecule has 1 N–H and O–H groups in total. The van der Waals surface area contributed by atoms with Crippen molar-refractivity contribution in [2.75, 3.05) is 32.0 Å². The molecule has 1 aromatic rings. The maximum Gasteiger partial charge on any atom is 0.274 e. The molecular weight excluding hydrogens is 254 g/mol. The van der Waals surface area contributed by atoms with E-state index >= 15 is 0 Å². The molecule has 108 valence electrons. The molecule has 0 aromatic carbocycles. The molecule has 0 radical (unpaired) electrons. The Labute approximate surface area is 119 Å². The summed E-state index contributed by atoms with van der Waals surface area (Å²) in [5, 5.41) is 10.9. The van der Waals surface area contributed by atoms with Crippen LogP contribution in [0.15, 0.2) is 12.1 Å². The van der Waals surface area contributed by atoms with Crippen LogP contribution in [0.25, 0.3) is 0 Å². The normalized spacial score (nSPS) is 26.4. The molecular formula is C14H21N5O. The molecule has 2 saturated heterocycles. The van der Waals surface area contributed by atoms with Crippen LogP contribution in [-0.2, 0) is 0 Å². The molecule has 1 aromatic heterocycles. The zero-order valence-electron chi connectivity index (χ0n) is 12.0. The van der Waals surface area contributed by atoms with Crippen molar-refractivity contribution in [1.82, 2.24) is 20.0 Å². The molecule has 2 fully saturated rings. The molecule has 2 aliphatic heterocycles. The number of hydrogen-bond donors (Lipinski definition) is 1. The van der Waals surface area contributed by atoms with E-state index in [1.165, 1.54) is 19.4 Å². The first-order chi connectivity index (χ1) is 9.69. The third-order valence-electron chi connectivity index (χ3n) is 4.34. The first kappa shape index (κ1) is 13.3. The number of carbonyl (C=O) groups is 1. The summed E-state index contributed by atoms with van der Waals surface area (Å²) in [6.45, 7) is 5.07. The highest BCUT2D eigenvalue weighted by atomic mass is 16.2. The van der Waals surface area contributed by atoms with E-state index in [-0.39, 0.29) is 11.9 Å². The fraction of sp³-hybridized carbons (Fsp3) is 0.643. The molecule has 0 aliphatic carbocycles. The summed E-state index contributed by atoms with van der Waals surface area (Å²) in [5.74, 6) is 0.675. The van der Waals surface area contributed by atoms with Crippen molar-refractivity contribution in [3.63, 3.8) is 0 Å². The standard InChI is InChI=1S/C14H21N5O/c1-10-8-18-7-3-4-11(18)9-19(10)14(20)12-5-6-13(15-2)17-16-12/h5-6,10-11H,3-4,7-9H2,1-2H3,(H,15,17). The lowest BCUT2D eigenvalue weighted by molar-refractivity contribution is 0.0389. The van der Waals surface area contributed by atoms with E-state index in [4.69, 9.17) is 0 Å². The highest BCUT2D eigenvalue weighted by molar-refractivity contribution is 5.92. The number of fused-ring (bicyclic) bond motifs is 1. The van der Waals surface area contributed by atoms with Crippen LogP contribution >= 0.6 is 0 Å². The summed E-state index contributed by atoms with van der Waals surface area (Å²) in [5.41, 5.74) is 0.433. The van der Waals surface area contributed by atoms with Gasteiger partial charge in [-0.3, -0.25) is 9.69 Å². The molecule has 6 nitrogen and oxygen atoms in total. The molecule has 2 atom stereocenters. The van der Waals surface area contributed by atoms with Crippen LogP contribution in [0.4, 0.5) is 5.82 Å². The minimum atomic E-state index is -0.000738. The zero-order chi connectivity index (χ0) is 14.1. The van der Waals surface area contributed by atoms with Crippen LogP contribution < -0.4 is 5.32 Å². The fourth-order valence-corrected chi connectivity index (χ4v) is 3.20. The highest BCUT2D eigenvalue weighted by Crippen LogP contribution is 2.25. The third-order valence-corrected chi connectivity index (χ3v) is 4.34. The number of rotatable bonds is 2. The SMILES string of the molecule is CNc1ccc(C(=O)N2CC3CCCN3CC2C)nn1. The van der Waals surface area contributed by atoms with Gasteiger partial charge >= 0.3 is 0 Å². The highest BCUT2D eigenvalue weighted by Gasteiger charge is 2.37. The summed E-state index contributed by atoms with van der Waals surface area (Å²) >= 11 is 0. The Balaban J connectivity index is 1.75. The Morgan fingerprint density at radius 2 is 2.20 bits per heavy atom. The van der Waals surface area contributed by atoms with Gasteiger partial charge in [0.25, 0.3) is 5.91 Å². The van der Waals surface area contributed by atoms with Gasteiger partial charge in [0.1, 0.15) is 5.82 Å². The molecule has 20 heavy (non-hydrogen) atoms. The summed E-state index contributed by atoms with van der Waals surface area (Å²) in [7, 11) is 1.78. The van der Waals surface area contributed by atoms with Gasteiger partial charge in [-0.25, -0.2) is 0 Å². The maximum atomic E-state index is 12.6. The van der Waals surface area contributed by atoms with E-state index in [9.17, 15) is 4.79 Å². The van der Waals surface area contributed by atoms with Crippen molar-refractivity contribution < 1.29 is 4.79 Å². The van der Waals surface area contributed by atoms with Crippen LogP contribution in [0.5, 0.6) is 0 Å². The predicted octanol–water partition coefficient (Wildman–Crippen LogP) is 0.827. The van der Waals surface area contributed by atoms with Crippen molar-refractivity contribution in [1.29, 1.82) is 0 Å². The fourth-order valence-electron chi connectivity index (χ4n) is 3.20. The van der Waals surface area contributed by atoms with Gasteiger partial charge in [-0.2, -0.15) is 0 Å². The van der Waals surface area contributed by atoms with Crippen LogP contribution in [0.2, 0.25) is 0 Å². The Hall–Kier alpha value is -1.69. The van der Waals surface area contributed by atoms with Gasteiger partial charge in [-0.05, 0) is 38.4 Å². The lowest BCUT2D eigenvalue weighted by Gasteiger charge is -2.42. The van der Waals surface area contributed by atoms with Gasteiger partial charge in [0.05, 0.1) is 0 Å². The molecule has 3 rings (SSSR count). The molecule has 0 spiro atoms. The van der Waals surface area contributed by atoms with Crippen molar-refractivity contribution in [2.45, 2.75) is 31.8 Å². The molecule has 6 heteroatoms. The van der Waals surface area contributed by atoms with E-state index in [1.807, 2.05) is 4.90 Å². The van der Waals surface area contributed by atoms with Gasteiger partial charge in [0.2, 0.25) is 0 Å². The smallest absolute Gasteiger partial charge is 0.274 e. The van der Waals surface area contributed by atoms with E-state index in [1.54, 1.807) is 19.2 Å². The van der Waals surface area contributed by atoms with E-state index < -0.39 is 0 Å². The largest absolute Gasteiger partial charge is 0.372 e. The molecule has 2 aliphatic rings. The number of amides is 1. The van der Waals surface area contributed by atoms with Crippen molar-refractivity contribution in [3.8, 4) is 0 Å². The van der Waals surface area contributed by atoms with Crippen LogP contribution in [0.1, 0.15) is 30.3 Å². The number of nitrogens with zero attached hydrogens (tertiary/aromatic N) is 4. The Bertz CT molecular complexity index is 489. The van der Waals surface area contributed by atoms with E-state index in [2.05, 4.69) is 27.3 Å². The Kier molecular flexibility index (Phi) is 3.56. The average molecular weight is 275 g/mol. The maximum absolute atomic E-state index is 12.6. The molecule has 0 saturated carbocycles. The lowest BCUT2D eigenvalue weighted by Crippen LogP contribution is -2.56. The average Bonchev–Trinajstić information content (AvgIpc) is 2.93. The first-order valence-electron chi connectivity index (χ1n) is 7.25. The second-order valence-corrected chi connectivity index (χ2v) is 5.65. The summed E-state index contributed by atoms with van der Waals surface area (Å²) in [6, 6.07) is 4.30. The topological polar surface area (TPSA) is 61.4 Å². The number of aromatic nitrogens is 2. The number of hydrogen-bond acceptors (Lipinski definition) is 5. The second kappa shape index (κ2) is 5.36. The third kappa shape index (κ3) is 2.35. The summed E-state index contributed by atoms with van der Waals surface area (Å²) in [6.07, 6.45) is 2.44. The van der Waals surface area contributed by atoms with Crippen LogP contribution in [0, 0.1) is 0 Å². The quantitative estimate of drug-likeness (QED) is 0.866. The molecule has 3 heterocycles. The second-order valence-electron chi connectivity index (χ2n) is 5.65. The lowest BCUT2D eigenvalue weighted by atomic mass is 10.1. The van der Waals surface area contributed by atoms with Gasteiger partial charge < -0.3 is 10.2 Å². The van der Waals surface area contributed by atoms with Gasteiger partial charge in [0, 0.05) is 32.2 Å². The van der Waals surface area contributed by atoms with E-state index in [0.717, 1.165) is 13.1 Å². The Morgan fingerprint density at radius 1 is 1.35 bits per heavy atom. The van der Waals surface area contributed by atoms with E-state index in [0.29, 0.717) is 17.6 Å². The molecule has 2 unspecified atom stereocenters. The van der Waals surface area contributed by atoms with Gasteiger partial charge in [0.15, 0.2) is 5.69 Å². The van der Waals surface area contributed by atoms with Crippen molar-refractivity contribution in [2.24, 2.45) is 0 Å². The van der Waals surface area contributed by atoms with Crippen molar-refractivity contribution >= 4 is 11.7 Å². The number of nitrogens with one attached hydrogen (secondary N) is 1. The minimum absolute atomic E-state index is 0.000738. The minimum Gasteiger partial charge on any atom is -0.372 e. The monoisotopic (exact) mass is 275 g/mol. The zero-order valence-corrected chi connectivity index (χ0v) is 12.0. The number of carbonyl (C=O) groups excluding carboxylic acids is 1. The summed E-state index contributed by atoms with van der Waals surface area (Å²) in [4.78, 5) is 17.0. The van der Waals surface area contributed by atoms with Gasteiger partial charge in [-0.1, -0.05) is 0 Å².